The molecular formula is C11H17NOS. The second-order valence-corrected chi connectivity index (χ2v) is 5.04. The SMILES string of the molecule is Cc1cc(C(N)C2CCCCO2)cs1. The molecule has 0 saturated carbocycles. The lowest BCUT2D eigenvalue weighted by Gasteiger charge is -2.27. The molecule has 1 aromatic rings. The summed E-state index contributed by atoms with van der Waals surface area (Å²) in [6.45, 7) is 2.99. The quantitative estimate of drug-likeness (QED) is 0.816. The van der Waals surface area contributed by atoms with Crippen LogP contribution in [0.4, 0.5) is 0 Å². The fraction of sp³-hybridized carbons (Fsp3) is 0.636. The largest absolute Gasteiger partial charge is 0.376 e. The van der Waals surface area contributed by atoms with Gasteiger partial charge in [-0.05, 0) is 43.2 Å². The number of hydrogen-bond donors (Lipinski definition) is 1. The lowest BCUT2D eigenvalue weighted by atomic mass is 9.98. The molecule has 1 fully saturated rings. The predicted molar refractivity (Wildman–Crippen MR) is 59.6 cm³/mol. The molecule has 2 heterocycles. The van der Waals surface area contributed by atoms with Gasteiger partial charge in [-0.25, -0.2) is 0 Å². The van der Waals surface area contributed by atoms with E-state index in [-0.39, 0.29) is 12.1 Å². The van der Waals surface area contributed by atoms with Crippen molar-refractivity contribution in [2.24, 2.45) is 5.73 Å². The van der Waals surface area contributed by atoms with Gasteiger partial charge in [0.1, 0.15) is 0 Å². The lowest BCUT2D eigenvalue weighted by molar-refractivity contribution is 0.0000865. The van der Waals surface area contributed by atoms with E-state index in [0.717, 1.165) is 13.0 Å². The first-order valence-corrected chi connectivity index (χ1v) is 6.07. The molecule has 0 spiro atoms. The maximum absolute atomic E-state index is 6.16. The van der Waals surface area contributed by atoms with Crippen LogP contribution in [0.5, 0.6) is 0 Å². The normalized spacial score (nSPS) is 24.9. The number of ether oxygens (including phenoxy) is 1. The average molecular weight is 211 g/mol. The van der Waals surface area contributed by atoms with E-state index >= 15 is 0 Å². The molecule has 1 aromatic heterocycles. The van der Waals surface area contributed by atoms with Gasteiger partial charge in [0.05, 0.1) is 12.1 Å². The van der Waals surface area contributed by atoms with E-state index in [4.69, 9.17) is 10.5 Å². The van der Waals surface area contributed by atoms with Crippen LogP contribution < -0.4 is 5.73 Å². The molecule has 2 unspecified atom stereocenters. The third kappa shape index (κ3) is 2.16. The standard InChI is InChI=1S/C11H17NOS/c1-8-6-9(7-14-8)11(12)10-4-2-3-5-13-10/h6-7,10-11H,2-5,12H2,1H3. The minimum absolute atomic E-state index is 0.0697. The Hall–Kier alpha value is -0.380. The van der Waals surface area contributed by atoms with Gasteiger partial charge in [0.25, 0.3) is 0 Å². The van der Waals surface area contributed by atoms with Crippen molar-refractivity contribution in [3.8, 4) is 0 Å². The van der Waals surface area contributed by atoms with Crippen LogP contribution in [0.3, 0.4) is 0 Å². The molecule has 0 aromatic carbocycles. The highest BCUT2D eigenvalue weighted by Gasteiger charge is 2.22. The molecule has 1 aliphatic rings. The van der Waals surface area contributed by atoms with Gasteiger partial charge in [-0.1, -0.05) is 0 Å². The van der Waals surface area contributed by atoms with Crippen LogP contribution in [0.1, 0.15) is 35.7 Å². The summed E-state index contributed by atoms with van der Waals surface area (Å²) >= 11 is 1.76. The Labute approximate surface area is 89.1 Å². The molecule has 2 N–H and O–H groups in total. The first-order chi connectivity index (χ1) is 6.77. The number of aryl methyl sites for hydroxylation is 1. The summed E-state index contributed by atoms with van der Waals surface area (Å²) in [6, 6.07) is 2.24. The fourth-order valence-corrected chi connectivity index (χ4v) is 2.65. The summed E-state index contributed by atoms with van der Waals surface area (Å²) in [5, 5.41) is 2.15. The summed E-state index contributed by atoms with van der Waals surface area (Å²) in [5.41, 5.74) is 7.40. The van der Waals surface area contributed by atoms with Gasteiger partial charge < -0.3 is 10.5 Å². The molecule has 0 radical (unpaired) electrons. The van der Waals surface area contributed by atoms with E-state index in [1.54, 1.807) is 11.3 Å². The number of hydrogen-bond acceptors (Lipinski definition) is 3. The minimum atomic E-state index is 0.0697. The van der Waals surface area contributed by atoms with E-state index in [1.165, 1.54) is 23.3 Å². The lowest BCUT2D eigenvalue weighted by Crippen LogP contribution is -2.31. The van der Waals surface area contributed by atoms with Gasteiger partial charge in [-0.3, -0.25) is 0 Å². The third-order valence-corrected chi connectivity index (χ3v) is 3.63. The molecular weight excluding hydrogens is 194 g/mol. The highest BCUT2D eigenvalue weighted by molar-refractivity contribution is 7.10. The summed E-state index contributed by atoms with van der Waals surface area (Å²) in [7, 11) is 0. The topological polar surface area (TPSA) is 35.2 Å². The smallest absolute Gasteiger partial charge is 0.0767 e. The molecule has 1 aliphatic heterocycles. The summed E-state index contributed by atoms with van der Waals surface area (Å²) in [4.78, 5) is 1.33. The zero-order valence-corrected chi connectivity index (χ0v) is 9.35. The molecule has 2 atom stereocenters. The second kappa shape index (κ2) is 4.43. The minimum Gasteiger partial charge on any atom is -0.376 e. The van der Waals surface area contributed by atoms with Gasteiger partial charge >= 0.3 is 0 Å². The van der Waals surface area contributed by atoms with Crippen molar-refractivity contribution in [2.45, 2.75) is 38.3 Å². The summed E-state index contributed by atoms with van der Waals surface area (Å²) in [6.07, 6.45) is 3.78. The molecule has 78 valence electrons. The van der Waals surface area contributed by atoms with Crippen molar-refractivity contribution in [3.63, 3.8) is 0 Å². The average Bonchev–Trinajstić information content (AvgIpc) is 2.65. The molecule has 14 heavy (non-hydrogen) atoms. The zero-order valence-electron chi connectivity index (χ0n) is 8.53. The van der Waals surface area contributed by atoms with Crippen molar-refractivity contribution in [1.29, 1.82) is 0 Å². The Morgan fingerprint density at radius 1 is 1.57 bits per heavy atom. The van der Waals surface area contributed by atoms with Gasteiger partial charge in [0.15, 0.2) is 0 Å². The Morgan fingerprint density at radius 2 is 2.43 bits per heavy atom. The van der Waals surface area contributed by atoms with Crippen molar-refractivity contribution in [3.05, 3.63) is 21.9 Å². The maximum atomic E-state index is 6.16. The van der Waals surface area contributed by atoms with Crippen LogP contribution in [0.25, 0.3) is 0 Å². The van der Waals surface area contributed by atoms with Gasteiger partial charge in [-0.15, -0.1) is 11.3 Å². The van der Waals surface area contributed by atoms with Crippen LogP contribution >= 0.6 is 11.3 Å². The molecule has 3 heteroatoms. The van der Waals surface area contributed by atoms with Gasteiger partial charge in [0, 0.05) is 11.5 Å². The van der Waals surface area contributed by atoms with Crippen LogP contribution in [-0.2, 0) is 4.74 Å². The Balaban J connectivity index is 2.03. The number of nitrogens with two attached hydrogens (primary N) is 1. The van der Waals surface area contributed by atoms with E-state index in [0.29, 0.717) is 0 Å². The van der Waals surface area contributed by atoms with E-state index in [2.05, 4.69) is 18.4 Å². The Bertz CT molecular complexity index is 291. The van der Waals surface area contributed by atoms with Crippen LogP contribution in [0, 0.1) is 6.92 Å². The van der Waals surface area contributed by atoms with Crippen LogP contribution in [0.2, 0.25) is 0 Å². The van der Waals surface area contributed by atoms with Crippen molar-refractivity contribution in [1.82, 2.24) is 0 Å². The Morgan fingerprint density at radius 3 is 3.00 bits per heavy atom. The van der Waals surface area contributed by atoms with Crippen molar-refractivity contribution < 1.29 is 4.74 Å². The molecule has 0 aliphatic carbocycles. The first-order valence-electron chi connectivity index (χ1n) is 5.19. The van der Waals surface area contributed by atoms with Crippen LogP contribution in [0.15, 0.2) is 11.4 Å². The van der Waals surface area contributed by atoms with E-state index < -0.39 is 0 Å². The molecule has 2 rings (SSSR count). The van der Waals surface area contributed by atoms with Gasteiger partial charge in [0.2, 0.25) is 0 Å². The zero-order chi connectivity index (χ0) is 9.97. The highest BCUT2D eigenvalue weighted by atomic mass is 32.1. The fourth-order valence-electron chi connectivity index (χ4n) is 1.90. The Kier molecular flexibility index (Phi) is 3.21. The third-order valence-electron chi connectivity index (χ3n) is 2.75. The maximum Gasteiger partial charge on any atom is 0.0767 e. The van der Waals surface area contributed by atoms with Crippen molar-refractivity contribution in [2.75, 3.05) is 6.61 Å². The highest BCUT2D eigenvalue weighted by Crippen LogP contribution is 2.27. The number of thiophene rings is 1. The van der Waals surface area contributed by atoms with Crippen LogP contribution in [-0.4, -0.2) is 12.7 Å². The van der Waals surface area contributed by atoms with Gasteiger partial charge in [-0.2, -0.15) is 0 Å². The number of rotatable bonds is 2. The molecule has 0 amide bonds. The second-order valence-electron chi connectivity index (χ2n) is 3.92. The summed E-state index contributed by atoms with van der Waals surface area (Å²) in [5.74, 6) is 0. The van der Waals surface area contributed by atoms with E-state index in [1.807, 2.05) is 0 Å². The molecule has 0 bridgehead atoms. The predicted octanol–water partition coefficient (Wildman–Crippen LogP) is 2.63. The van der Waals surface area contributed by atoms with Crippen molar-refractivity contribution >= 4 is 11.3 Å². The molecule has 1 saturated heterocycles. The van der Waals surface area contributed by atoms with E-state index in [9.17, 15) is 0 Å². The monoisotopic (exact) mass is 211 g/mol. The molecule has 2 nitrogen and oxygen atoms in total. The first kappa shape index (κ1) is 10.1. The summed E-state index contributed by atoms with van der Waals surface area (Å²) < 4.78 is 5.68.